The van der Waals surface area contributed by atoms with Crippen LogP contribution in [0.15, 0.2) is 60.3 Å². The lowest BCUT2D eigenvalue weighted by molar-refractivity contribution is 0.101. The van der Waals surface area contributed by atoms with Crippen LogP contribution in [0.5, 0.6) is 0 Å². The van der Waals surface area contributed by atoms with E-state index in [9.17, 15) is 4.79 Å². The molecule has 0 radical (unpaired) electrons. The molecule has 0 spiro atoms. The highest BCUT2D eigenvalue weighted by Crippen LogP contribution is 2.22. The van der Waals surface area contributed by atoms with Gasteiger partial charge in [-0.3, -0.25) is 4.79 Å². The molecule has 0 N–H and O–H groups in total. The highest BCUT2D eigenvalue weighted by atomic mass is 29.3. The number of ketones is 1. The van der Waals surface area contributed by atoms with Gasteiger partial charge < -0.3 is 0 Å². The standard InChI is InChI=1S/C20H26OSi2/c1-17(21)19-11-9-10-18(16-19)14-15-22(2,3)23(4,5)20-12-7-6-8-13-20/h6-16H,1-5H3/b15-14-. The van der Waals surface area contributed by atoms with Crippen molar-refractivity contribution >= 4 is 32.2 Å². The first kappa shape index (κ1) is 17.6. The van der Waals surface area contributed by atoms with Crippen LogP contribution in [0, 0.1) is 0 Å². The summed E-state index contributed by atoms with van der Waals surface area (Å²) in [7, 11) is -3.04. The molecule has 3 heteroatoms. The second-order valence-electron chi connectivity index (χ2n) is 7.23. The van der Waals surface area contributed by atoms with Gasteiger partial charge in [0, 0.05) is 5.56 Å². The molecule has 1 nitrogen and oxygen atoms in total. The molecule has 0 atom stereocenters. The lowest BCUT2D eigenvalue weighted by atomic mass is 10.1. The molecular formula is C20H26OSi2. The molecule has 23 heavy (non-hydrogen) atoms. The van der Waals surface area contributed by atoms with E-state index in [1.165, 1.54) is 5.19 Å². The molecule has 2 aromatic rings. The Hall–Kier alpha value is -1.72. The van der Waals surface area contributed by atoms with Gasteiger partial charge in [-0.15, -0.1) is 0 Å². The zero-order valence-electron chi connectivity index (χ0n) is 14.8. The lowest BCUT2D eigenvalue weighted by Gasteiger charge is -2.36. The Kier molecular flexibility index (Phi) is 5.22. The first-order valence-corrected chi connectivity index (χ1v) is 15.2. The van der Waals surface area contributed by atoms with Crippen LogP contribution in [-0.2, 0) is 0 Å². The van der Waals surface area contributed by atoms with Crippen LogP contribution in [0.2, 0.25) is 26.2 Å². The molecule has 0 heterocycles. The van der Waals surface area contributed by atoms with E-state index in [4.69, 9.17) is 0 Å². The van der Waals surface area contributed by atoms with Gasteiger partial charge >= 0.3 is 0 Å². The fourth-order valence-electron chi connectivity index (χ4n) is 2.60. The Morgan fingerprint density at radius 1 is 0.913 bits per heavy atom. The molecule has 0 saturated heterocycles. The maximum Gasteiger partial charge on any atom is 0.159 e. The summed E-state index contributed by atoms with van der Waals surface area (Å²) < 4.78 is 0. The molecule has 0 unspecified atom stereocenters. The van der Waals surface area contributed by atoms with Gasteiger partial charge in [0.2, 0.25) is 0 Å². The van der Waals surface area contributed by atoms with E-state index in [0.29, 0.717) is 0 Å². The van der Waals surface area contributed by atoms with Gasteiger partial charge in [-0.05, 0) is 18.6 Å². The average Bonchev–Trinajstić information content (AvgIpc) is 2.54. The summed E-state index contributed by atoms with van der Waals surface area (Å²) >= 11 is 0. The summed E-state index contributed by atoms with van der Waals surface area (Å²) in [6.07, 6.45) is 2.22. The van der Waals surface area contributed by atoms with E-state index in [1.54, 1.807) is 6.92 Å². The summed E-state index contributed by atoms with van der Waals surface area (Å²) in [5.41, 5.74) is 4.35. The van der Waals surface area contributed by atoms with Crippen LogP contribution in [0.3, 0.4) is 0 Å². The zero-order chi connectivity index (χ0) is 17.1. The maximum absolute atomic E-state index is 11.5. The third-order valence-corrected chi connectivity index (χ3v) is 22.1. The lowest BCUT2D eigenvalue weighted by Crippen LogP contribution is -2.61. The van der Waals surface area contributed by atoms with Gasteiger partial charge in [0.15, 0.2) is 5.78 Å². The van der Waals surface area contributed by atoms with Crippen LogP contribution >= 0.6 is 0 Å². The monoisotopic (exact) mass is 338 g/mol. The Bertz CT molecular complexity index is 715. The van der Waals surface area contributed by atoms with Crippen LogP contribution < -0.4 is 5.19 Å². The third kappa shape index (κ3) is 3.98. The summed E-state index contributed by atoms with van der Waals surface area (Å²) in [6, 6.07) is 18.9. The van der Waals surface area contributed by atoms with Gasteiger partial charge in [-0.2, -0.15) is 0 Å². The summed E-state index contributed by atoms with van der Waals surface area (Å²) in [4.78, 5) is 11.5. The van der Waals surface area contributed by atoms with E-state index < -0.39 is 15.2 Å². The van der Waals surface area contributed by atoms with Crippen molar-refractivity contribution < 1.29 is 4.79 Å². The Morgan fingerprint density at radius 3 is 2.17 bits per heavy atom. The van der Waals surface area contributed by atoms with Crippen molar-refractivity contribution in [3.63, 3.8) is 0 Å². The molecule has 0 aliphatic rings. The fourth-order valence-corrected chi connectivity index (χ4v) is 9.63. The van der Waals surface area contributed by atoms with Gasteiger partial charge in [0.1, 0.15) is 0 Å². The van der Waals surface area contributed by atoms with Crippen molar-refractivity contribution in [2.45, 2.75) is 33.1 Å². The molecule has 0 bridgehead atoms. The van der Waals surface area contributed by atoms with Crippen LogP contribution in [-0.4, -0.2) is 21.0 Å². The van der Waals surface area contributed by atoms with Crippen molar-refractivity contribution in [1.29, 1.82) is 0 Å². The quantitative estimate of drug-likeness (QED) is 0.563. The molecule has 120 valence electrons. The number of rotatable bonds is 5. The zero-order valence-corrected chi connectivity index (χ0v) is 16.8. The second-order valence-corrected chi connectivity index (χ2v) is 22.4. The molecule has 2 rings (SSSR count). The van der Waals surface area contributed by atoms with Gasteiger partial charge in [-0.1, -0.05) is 91.7 Å². The normalized spacial score (nSPS) is 12.6. The molecule has 2 aromatic carbocycles. The minimum absolute atomic E-state index is 0.121. The minimum atomic E-state index is -1.53. The molecule has 0 aromatic heterocycles. The van der Waals surface area contributed by atoms with Crippen molar-refractivity contribution in [2.75, 3.05) is 0 Å². The Balaban J connectivity index is 2.30. The molecule has 0 amide bonds. The summed E-state index contributed by atoms with van der Waals surface area (Å²) in [5.74, 6) is 0.121. The summed E-state index contributed by atoms with van der Waals surface area (Å²) in [6.45, 7) is 11.5. The average molecular weight is 339 g/mol. The number of benzene rings is 2. The van der Waals surface area contributed by atoms with Crippen LogP contribution in [0.4, 0.5) is 0 Å². The van der Waals surface area contributed by atoms with Gasteiger partial charge in [-0.25, -0.2) is 0 Å². The largest absolute Gasteiger partial charge is 0.295 e. The highest BCUT2D eigenvalue weighted by Gasteiger charge is 2.40. The molecule has 0 aliphatic heterocycles. The predicted octanol–water partition coefficient (Wildman–Crippen LogP) is 4.84. The van der Waals surface area contributed by atoms with Gasteiger partial charge in [0.25, 0.3) is 0 Å². The van der Waals surface area contributed by atoms with Crippen LogP contribution in [0.1, 0.15) is 22.8 Å². The van der Waals surface area contributed by atoms with E-state index in [-0.39, 0.29) is 5.78 Å². The fraction of sp³-hybridized carbons (Fsp3) is 0.250. The SMILES string of the molecule is CC(=O)c1cccc(/C=C\[Si](C)(C)[Si](C)(C)c2ccccc2)c1. The van der Waals surface area contributed by atoms with Crippen molar-refractivity contribution in [1.82, 2.24) is 0 Å². The number of hydrogen-bond acceptors (Lipinski definition) is 1. The Morgan fingerprint density at radius 2 is 1.57 bits per heavy atom. The smallest absolute Gasteiger partial charge is 0.159 e. The number of hydrogen-bond donors (Lipinski definition) is 0. The summed E-state index contributed by atoms with van der Waals surface area (Å²) in [5, 5.41) is 1.53. The minimum Gasteiger partial charge on any atom is -0.295 e. The topological polar surface area (TPSA) is 17.1 Å². The first-order valence-electron chi connectivity index (χ1n) is 8.10. The predicted molar refractivity (Wildman–Crippen MR) is 107 cm³/mol. The maximum atomic E-state index is 11.5. The van der Waals surface area contributed by atoms with E-state index >= 15 is 0 Å². The number of carbonyl (C=O) groups excluding carboxylic acids is 1. The number of Topliss-reactive ketones (excluding diaryl/α,β-unsaturated/α-hetero) is 1. The highest BCUT2D eigenvalue weighted by molar-refractivity contribution is 7.47. The number of carbonyl (C=O) groups is 1. The van der Waals surface area contributed by atoms with Crippen molar-refractivity contribution in [2.24, 2.45) is 0 Å². The molecule has 0 aliphatic carbocycles. The van der Waals surface area contributed by atoms with Crippen molar-refractivity contribution in [3.05, 3.63) is 71.4 Å². The van der Waals surface area contributed by atoms with E-state index in [2.05, 4.69) is 74.4 Å². The van der Waals surface area contributed by atoms with Gasteiger partial charge in [0.05, 0.1) is 15.2 Å². The molecule has 0 fully saturated rings. The Labute approximate surface area is 141 Å². The third-order valence-electron chi connectivity index (χ3n) is 5.09. The van der Waals surface area contributed by atoms with E-state index in [1.807, 2.05) is 18.2 Å². The van der Waals surface area contributed by atoms with E-state index in [0.717, 1.165) is 11.1 Å². The molecule has 0 saturated carbocycles. The second kappa shape index (κ2) is 6.81. The van der Waals surface area contributed by atoms with Crippen molar-refractivity contribution in [3.8, 4) is 0 Å². The van der Waals surface area contributed by atoms with Crippen LogP contribution in [0.25, 0.3) is 6.08 Å². The molecular weight excluding hydrogens is 312 g/mol. The first-order chi connectivity index (χ1) is 10.7.